The molecule has 0 aliphatic heterocycles. The molecule has 0 aliphatic rings. The van der Waals surface area contributed by atoms with Gasteiger partial charge >= 0.3 is 0 Å². The zero-order valence-electron chi connectivity index (χ0n) is 21.5. The van der Waals surface area contributed by atoms with Crippen LogP contribution < -0.4 is 5.32 Å². The quantitative estimate of drug-likeness (QED) is 0.324. The van der Waals surface area contributed by atoms with Gasteiger partial charge in [0.2, 0.25) is 0 Å². The lowest BCUT2D eigenvalue weighted by Gasteiger charge is -2.35. The van der Waals surface area contributed by atoms with Crippen LogP contribution >= 0.6 is 0 Å². The molecule has 0 saturated carbocycles. The molecule has 3 N–H and O–H groups in total. The van der Waals surface area contributed by atoms with Crippen molar-refractivity contribution in [1.29, 1.82) is 0 Å². The summed E-state index contributed by atoms with van der Waals surface area (Å²) >= 11 is 0. The lowest BCUT2D eigenvalue weighted by molar-refractivity contribution is 0.0635. The van der Waals surface area contributed by atoms with E-state index in [0.717, 1.165) is 9.87 Å². The summed E-state index contributed by atoms with van der Waals surface area (Å²) < 4.78 is 29.8. The van der Waals surface area contributed by atoms with Crippen molar-refractivity contribution < 1.29 is 23.4 Å². The third-order valence-electron chi connectivity index (χ3n) is 6.15. The topological polar surface area (TPSA) is 138 Å². The van der Waals surface area contributed by atoms with E-state index in [9.17, 15) is 23.4 Å². The summed E-state index contributed by atoms with van der Waals surface area (Å²) in [6.45, 7) is 4.55. The molecule has 0 fully saturated rings. The van der Waals surface area contributed by atoms with Crippen LogP contribution in [0.3, 0.4) is 0 Å². The highest BCUT2D eigenvalue weighted by molar-refractivity contribution is 7.89. The molecule has 200 valence electrons. The molecule has 37 heavy (non-hydrogen) atoms. The zero-order valence-corrected chi connectivity index (χ0v) is 22.3. The second-order valence-corrected chi connectivity index (χ2v) is 11.3. The van der Waals surface area contributed by atoms with E-state index in [4.69, 9.17) is 0 Å². The number of rotatable bonds is 12. The number of aliphatic hydroxyl groups is 2. The number of aromatic nitrogens is 3. The summed E-state index contributed by atoms with van der Waals surface area (Å²) in [7, 11) is -2.51. The normalized spacial score (nSPS) is 14.5. The van der Waals surface area contributed by atoms with Gasteiger partial charge in [-0.15, -0.1) is 0 Å². The predicted octanol–water partition coefficient (Wildman–Crippen LogP) is 1.53. The minimum absolute atomic E-state index is 0.186. The van der Waals surface area contributed by atoms with Gasteiger partial charge in [0.05, 0.1) is 31.1 Å². The van der Waals surface area contributed by atoms with Crippen LogP contribution in [0.25, 0.3) is 0 Å². The zero-order chi connectivity index (χ0) is 27.2. The first-order chi connectivity index (χ1) is 17.5. The Labute approximate surface area is 218 Å². The Morgan fingerprint density at radius 1 is 1.14 bits per heavy atom. The van der Waals surface area contributed by atoms with E-state index >= 15 is 0 Å². The molecule has 2 heterocycles. The number of carbonyl (C=O) groups excluding carboxylic acids is 1. The van der Waals surface area contributed by atoms with Crippen molar-refractivity contribution in [3.05, 3.63) is 78.0 Å². The number of hydrogen-bond acceptors (Lipinski definition) is 7. The first kappa shape index (κ1) is 28.5. The summed E-state index contributed by atoms with van der Waals surface area (Å²) in [5, 5.41) is 24.1. The van der Waals surface area contributed by atoms with Crippen LogP contribution in [0.1, 0.15) is 35.6 Å². The fourth-order valence-electron chi connectivity index (χ4n) is 4.06. The summed E-state index contributed by atoms with van der Waals surface area (Å²) in [6, 6.07) is 12.7. The number of benzene rings is 1. The van der Waals surface area contributed by atoms with E-state index in [1.165, 1.54) is 17.1 Å². The van der Waals surface area contributed by atoms with Crippen LogP contribution in [0.2, 0.25) is 0 Å². The molecule has 0 bridgehead atoms. The summed E-state index contributed by atoms with van der Waals surface area (Å²) in [6.07, 6.45) is 1.69. The molecule has 3 atom stereocenters. The van der Waals surface area contributed by atoms with Crippen LogP contribution in [0.4, 0.5) is 0 Å². The molecule has 2 aromatic heterocycles. The maximum Gasteiger partial charge on any atom is 0.270 e. The van der Waals surface area contributed by atoms with Crippen LogP contribution in [-0.2, 0) is 23.5 Å². The molecule has 3 rings (SSSR count). The second-order valence-electron chi connectivity index (χ2n) is 9.45. The Morgan fingerprint density at radius 3 is 2.41 bits per heavy atom. The maximum atomic E-state index is 13.6. The van der Waals surface area contributed by atoms with Crippen LogP contribution in [0.15, 0.2) is 66.1 Å². The lowest BCUT2D eigenvalue weighted by Crippen LogP contribution is -2.54. The van der Waals surface area contributed by atoms with Gasteiger partial charge in [0.1, 0.15) is 5.69 Å². The van der Waals surface area contributed by atoms with Gasteiger partial charge in [-0.3, -0.25) is 4.79 Å². The fraction of sp³-hybridized carbons (Fsp3) is 0.423. The third kappa shape index (κ3) is 7.22. The van der Waals surface area contributed by atoms with Crippen LogP contribution in [0, 0.1) is 12.8 Å². The average Bonchev–Trinajstić information content (AvgIpc) is 3.31. The molecule has 0 radical (unpaired) electrons. The van der Waals surface area contributed by atoms with Gasteiger partial charge < -0.3 is 20.1 Å². The highest BCUT2D eigenvalue weighted by Gasteiger charge is 2.37. The smallest absolute Gasteiger partial charge is 0.270 e. The number of carbonyl (C=O) groups is 1. The van der Waals surface area contributed by atoms with Crippen molar-refractivity contribution in [2.75, 3.05) is 13.2 Å². The molecule has 1 amide bonds. The Balaban J connectivity index is 1.94. The second kappa shape index (κ2) is 12.4. The number of hydrogen-bond donors (Lipinski definition) is 3. The van der Waals surface area contributed by atoms with Gasteiger partial charge in [-0.1, -0.05) is 50.2 Å². The maximum absolute atomic E-state index is 13.6. The van der Waals surface area contributed by atoms with E-state index in [-0.39, 0.29) is 29.6 Å². The van der Waals surface area contributed by atoms with E-state index in [0.29, 0.717) is 5.69 Å². The molecule has 11 heteroatoms. The molecule has 3 unspecified atom stereocenters. The van der Waals surface area contributed by atoms with Crippen molar-refractivity contribution >= 4 is 15.9 Å². The van der Waals surface area contributed by atoms with Gasteiger partial charge in [0.15, 0.2) is 5.03 Å². The van der Waals surface area contributed by atoms with Gasteiger partial charge in [0, 0.05) is 25.5 Å². The standard InChI is InChI=1S/C26H35N5O5S/c1-18(2)23(16-32)31(37(35,36)25-15-30(4)17-27-25)14-24(33)22(13-20-10-6-5-7-11-20)29-26(34)21-12-8-9-19(3)28-21/h5-12,15,17-18,22-24,32-33H,13-14,16H2,1-4H3,(H,29,34). The van der Waals surface area contributed by atoms with Gasteiger partial charge in [-0.2, -0.15) is 4.31 Å². The fourth-order valence-corrected chi connectivity index (χ4v) is 5.80. The third-order valence-corrected chi connectivity index (χ3v) is 7.92. The monoisotopic (exact) mass is 529 g/mol. The summed E-state index contributed by atoms with van der Waals surface area (Å²) in [5.74, 6) is -0.736. The van der Waals surface area contributed by atoms with E-state index in [2.05, 4.69) is 15.3 Å². The van der Waals surface area contributed by atoms with E-state index in [1.54, 1.807) is 46.0 Å². The largest absolute Gasteiger partial charge is 0.395 e. The van der Waals surface area contributed by atoms with Gasteiger partial charge in [-0.25, -0.2) is 18.4 Å². The van der Waals surface area contributed by atoms with E-state index in [1.807, 2.05) is 30.3 Å². The summed E-state index contributed by atoms with van der Waals surface area (Å²) in [4.78, 5) is 21.3. The molecular weight excluding hydrogens is 494 g/mol. The number of amides is 1. The minimum atomic E-state index is -4.17. The van der Waals surface area contributed by atoms with E-state index < -0.39 is 40.7 Å². The number of nitrogens with one attached hydrogen (secondary N) is 1. The SMILES string of the molecule is Cc1cccc(C(=O)NC(Cc2ccccc2)C(O)CN(C(CO)C(C)C)S(=O)(=O)c2cn(C)cn2)n1. The van der Waals surface area contributed by atoms with Gasteiger partial charge in [0.25, 0.3) is 15.9 Å². The number of pyridine rings is 1. The Morgan fingerprint density at radius 2 is 1.84 bits per heavy atom. The molecule has 0 saturated heterocycles. The molecular formula is C26H35N5O5S. The first-order valence-electron chi connectivity index (χ1n) is 12.1. The molecule has 0 aliphatic carbocycles. The van der Waals surface area contributed by atoms with Crippen LogP contribution in [-0.4, -0.2) is 74.7 Å². The molecule has 3 aromatic rings. The first-order valence-corrected chi connectivity index (χ1v) is 13.5. The Bertz CT molecular complexity index is 1280. The average molecular weight is 530 g/mol. The number of sulfonamides is 1. The van der Waals surface area contributed by atoms with Crippen LogP contribution in [0.5, 0.6) is 0 Å². The predicted molar refractivity (Wildman–Crippen MR) is 139 cm³/mol. The number of nitrogens with zero attached hydrogens (tertiary/aromatic N) is 4. The van der Waals surface area contributed by atoms with Crippen molar-refractivity contribution in [1.82, 2.24) is 24.2 Å². The van der Waals surface area contributed by atoms with Gasteiger partial charge in [-0.05, 0) is 37.0 Å². The van der Waals surface area contributed by atoms with Crippen molar-refractivity contribution in [2.45, 2.75) is 50.4 Å². The minimum Gasteiger partial charge on any atom is -0.395 e. The lowest BCUT2D eigenvalue weighted by atomic mass is 9.99. The Kier molecular flexibility index (Phi) is 9.55. The number of imidazole rings is 1. The number of aryl methyl sites for hydroxylation is 2. The van der Waals surface area contributed by atoms with Crippen molar-refractivity contribution in [2.24, 2.45) is 13.0 Å². The van der Waals surface area contributed by atoms with Crippen molar-refractivity contribution in [3.8, 4) is 0 Å². The summed E-state index contributed by atoms with van der Waals surface area (Å²) in [5.41, 5.74) is 1.72. The molecule has 0 spiro atoms. The molecule has 1 aromatic carbocycles. The highest BCUT2D eigenvalue weighted by atomic mass is 32.2. The molecule has 10 nitrogen and oxygen atoms in total. The number of aliphatic hydroxyl groups excluding tert-OH is 2. The Hall–Kier alpha value is -3.12. The van der Waals surface area contributed by atoms with Crippen molar-refractivity contribution in [3.63, 3.8) is 0 Å². The highest BCUT2D eigenvalue weighted by Crippen LogP contribution is 2.22.